The minimum absolute atomic E-state index is 0.267. The van der Waals surface area contributed by atoms with E-state index in [-0.39, 0.29) is 11.7 Å². The fraction of sp³-hybridized carbons (Fsp3) is 0.150. The summed E-state index contributed by atoms with van der Waals surface area (Å²) in [5, 5.41) is 3.55. The van der Waals surface area contributed by atoms with E-state index in [2.05, 4.69) is 19.2 Å². The van der Waals surface area contributed by atoms with Gasteiger partial charge < -0.3 is 9.73 Å². The Morgan fingerprint density at radius 3 is 2.58 bits per heavy atom. The third-order valence-electron chi connectivity index (χ3n) is 3.77. The van der Waals surface area contributed by atoms with Crippen molar-refractivity contribution >= 4 is 23.2 Å². The number of nitrogens with one attached hydrogen (secondary N) is 1. The molecule has 1 amide bonds. The van der Waals surface area contributed by atoms with E-state index in [0.29, 0.717) is 16.7 Å². The lowest BCUT2D eigenvalue weighted by molar-refractivity contribution is 0.0997. The van der Waals surface area contributed by atoms with E-state index < -0.39 is 0 Å². The van der Waals surface area contributed by atoms with Crippen LogP contribution in [0.25, 0.3) is 11.3 Å². The Bertz CT molecular complexity index is 867. The summed E-state index contributed by atoms with van der Waals surface area (Å²) in [7, 11) is 0. The van der Waals surface area contributed by atoms with Gasteiger partial charge in [-0.2, -0.15) is 0 Å². The Morgan fingerprint density at radius 1 is 1.04 bits per heavy atom. The maximum absolute atomic E-state index is 12.5. The first-order valence-electron chi connectivity index (χ1n) is 7.80. The summed E-state index contributed by atoms with van der Waals surface area (Å²) in [6.07, 6.45) is 0. The molecule has 0 atom stereocenters. The van der Waals surface area contributed by atoms with Crippen LogP contribution in [0.3, 0.4) is 0 Å². The SMILES string of the molecule is CC(C)c1ccccc1NC(=O)c1ccc(-c2cccc(Cl)c2)o1. The first-order valence-corrected chi connectivity index (χ1v) is 8.18. The lowest BCUT2D eigenvalue weighted by Gasteiger charge is -2.12. The lowest BCUT2D eigenvalue weighted by atomic mass is 10.0. The highest BCUT2D eigenvalue weighted by molar-refractivity contribution is 6.30. The zero-order valence-electron chi connectivity index (χ0n) is 13.5. The lowest BCUT2D eigenvalue weighted by Crippen LogP contribution is -2.12. The van der Waals surface area contributed by atoms with Gasteiger partial charge in [-0.05, 0) is 41.8 Å². The molecule has 0 aliphatic heterocycles. The highest BCUT2D eigenvalue weighted by Gasteiger charge is 2.15. The number of hydrogen-bond donors (Lipinski definition) is 1. The van der Waals surface area contributed by atoms with E-state index in [1.165, 1.54) is 0 Å². The van der Waals surface area contributed by atoms with E-state index in [0.717, 1.165) is 16.8 Å². The van der Waals surface area contributed by atoms with Gasteiger partial charge in [-0.1, -0.05) is 55.8 Å². The first-order chi connectivity index (χ1) is 11.5. The van der Waals surface area contributed by atoms with Crippen LogP contribution >= 0.6 is 11.6 Å². The molecule has 4 heteroatoms. The van der Waals surface area contributed by atoms with Gasteiger partial charge in [0.2, 0.25) is 0 Å². The van der Waals surface area contributed by atoms with Crippen molar-refractivity contribution in [3.63, 3.8) is 0 Å². The summed E-state index contributed by atoms with van der Waals surface area (Å²) in [4.78, 5) is 12.5. The molecule has 0 fully saturated rings. The van der Waals surface area contributed by atoms with Gasteiger partial charge in [0, 0.05) is 16.3 Å². The largest absolute Gasteiger partial charge is 0.451 e. The molecule has 1 heterocycles. The Labute approximate surface area is 146 Å². The molecule has 0 spiro atoms. The van der Waals surface area contributed by atoms with Crippen LogP contribution in [0, 0.1) is 0 Å². The zero-order chi connectivity index (χ0) is 17.1. The quantitative estimate of drug-likeness (QED) is 0.635. The second-order valence-corrected chi connectivity index (χ2v) is 6.31. The molecule has 1 aromatic heterocycles. The van der Waals surface area contributed by atoms with Crippen molar-refractivity contribution in [1.82, 2.24) is 0 Å². The number of halogens is 1. The molecule has 0 unspecified atom stereocenters. The van der Waals surface area contributed by atoms with E-state index in [9.17, 15) is 4.79 Å². The van der Waals surface area contributed by atoms with Gasteiger partial charge in [0.25, 0.3) is 5.91 Å². The van der Waals surface area contributed by atoms with Crippen LogP contribution in [0.5, 0.6) is 0 Å². The van der Waals surface area contributed by atoms with Crippen molar-refractivity contribution in [2.75, 3.05) is 5.32 Å². The molecule has 0 bridgehead atoms. The van der Waals surface area contributed by atoms with Crippen LogP contribution in [0.1, 0.15) is 35.9 Å². The standard InChI is InChI=1S/C20H18ClNO2/c1-13(2)16-8-3-4-9-17(16)22-20(23)19-11-10-18(24-19)14-6-5-7-15(21)12-14/h3-13H,1-2H3,(H,22,23). The van der Waals surface area contributed by atoms with Crippen molar-refractivity contribution < 1.29 is 9.21 Å². The number of benzene rings is 2. The van der Waals surface area contributed by atoms with Gasteiger partial charge in [-0.15, -0.1) is 0 Å². The highest BCUT2D eigenvalue weighted by atomic mass is 35.5. The average Bonchev–Trinajstić information content (AvgIpc) is 3.05. The first kappa shape index (κ1) is 16.3. The predicted octanol–water partition coefficient (Wildman–Crippen LogP) is 5.98. The summed E-state index contributed by atoms with van der Waals surface area (Å²) in [6, 6.07) is 18.6. The minimum atomic E-state index is -0.267. The van der Waals surface area contributed by atoms with Crippen molar-refractivity contribution in [3.05, 3.63) is 77.0 Å². The van der Waals surface area contributed by atoms with Gasteiger partial charge in [-0.25, -0.2) is 0 Å². The van der Waals surface area contributed by atoms with E-state index in [1.54, 1.807) is 24.3 Å². The molecule has 2 aromatic carbocycles. The van der Waals surface area contributed by atoms with Crippen molar-refractivity contribution in [2.45, 2.75) is 19.8 Å². The van der Waals surface area contributed by atoms with Crippen molar-refractivity contribution in [1.29, 1.82) is 0 Å². The molecule has 3 aromatic rings. The Balaban J connectivity index is 1.82. The molecule has 0 radical (unpaired) electrons. The van der Waals surface area contributed by atoms with Gasteiger partial charge in [-0.3, -0.25) is 4.79 Å². The molecule has 0 aliphatic carbocycles. The second kappa shape index (κ2) is 6.93. The number of rotatable bonds is 4. The Morgan fingerprint density at radius 2 is 1.83 bits per heavy atom. The van der Waals surface area contributed by atoms with Crippen LogP contribution in [0.2, 0.25) is 5.02 Å². The van der Waals surface area contributed by atoms with Crippen molar-refractivity contribution in [3.8, 4) is 11.3 Å². The van der Waals surface area contributed by atoms with Gasteiger partial charge >= 0.3 is 0 Å². The number of hydrogen-bond acceptors (Lipinski definition) is 2. The smallest absolute Gasteiger partial charge is 0.291 e. The van der Waals surface area contributed by atoms with Crippen LogP contribution in [-0.4, -0.2) is 5.91 Å². The van der Waals surface area contributed by atoms with E-state index >= 15 is 0 Å². The summed E-state index contributed by atoms with van der Waals surface area (Å²) in [6.45, 7) is 4.18. The second-order valence-electron chi connectivity index (χ2n) is 5.87. The van der Waals surface area contributed by atoms with Gasteiger partial charge in [0.05, 0.1) is 0 Å². The number of carbonyl (C=O) groups excluding carboxylic acids is 1. The van der Waals surface area contributed by atoms with Crippen LogP contribution in [-0.2, 0) is 0 Å². The fourth-order valence-electron chi connectivity index (χ4n) is 2.56. The molecular formula is C20H18ClNO2. The minimum Gasteiger partial charge on any atom is -0.451 e. The third kappa shape index (κ3) is 3.52. The summed E-state index contributed by atoms with van der Waals surface area (Å²) in [5.41, 5.74) is 2.73. The highest BCUT2D eigenvalue weighted by Crippen LogP contribution is 2.27. The van der Waals surface area contributed by atoms with Gasteiger partial charge in [0.15, 0.2) is 5.76 Å². The summed E-state index contributed by atoms with van der Waals surface area (Å²) in [5.74, 6) is 0.930. The average molecular weight is 340 g/mol. The maximum atomic E-state index is 12.5. The zero-order valence-corrected chi connectivity index (χ0v) is 14.3. The molecule has 0 saturated carbocycles. The van der Waals surface area contributed by atoms with E-state index in [4.69, 9.17) is 16.0 Å². The normalized spacial score (nSPS) is 10.8. The Hall–Kier alpha value is -2.52. The topological polar surface area (TPSA) is 42.2 Å². The number of anilines is 1. The fourth-order valence-corrected chi connectivity index (χ4v) is 2.75. The van der Waals surface area contributed by atoms with E-state index in [1.807, 2.05) is 36.4 Å². The molecule has 3 nitrogen and oxygen atoms in total. The maximum Gasteiger partial charge on any atom is 0.291 e. The predicted molar refractivity (Wildman–Crippen MR) is 97.6 cm³/mol. The van der Waals surface area contributed by atoms with Crippen molar-refractivity contribution in [2.24, 2.45) is 0 Å². The molecule has 122 valence electrons. The van der Waals surface area contributed by atoms with Gasteiger partial charge in [0.1, 0.15) is 5.76 Å². The monoisotopic (exact) mass is 339 g/mol. The molecule has 1 N–H and O–H groups in total. The number of furan rings is 1. The number of para-hydroxylation sites is 1. The molecule has 0 saturated heterocycles. The van der Waals surface area contributed by atoms with Crippen LogP contribution in [0.4, 0.5) is 5.69 Å². The van der Waals surface area contributed by atoms with Crippen LogP contribution in [0.15, 0.2) is 65.1 Å². The summed E-state index contributed by atoms with van der Waals surface area (Å²) < 4.78 is 5.69. The molecule has 24 heavy (non-hydrogen) atoms. The molecular weight excluding hydrogens is 322 g/mol. The third-order valence-corrected chi connectivity index (χ3v) is 4.01. The van der Waals surface area contributed by atoms with Crippen LogP contribution < -0.4 is 5.32 Å². The number of carbonyl (C=O) groups is 1. The summed E-state index contributed by atoms with van der Waals surface area (Å²) >= 11 is 6.00. The Kier molecular flexibility index (Phi) is 4.72. The molecule has 3 rings (SSSR count). The number of amides is 1. The molecule has 0 aliphatic rings.